The van der Waals surface area contributed by atoms with E-state index in [4.69, 9.17) is 4.42 Å². The third-order valence-electron chi connectivity index (χ3n) is 1.96. The van der Waals surface area contributed by atoms with Crippen molar-refractivity contribution in [1.82, 2.24) is 4.98 Å². The molecule has 0 unspecified atom stereocenters. The third-order valence-corrected chi connectivity index (χ3v) is 1.96. The Morgan fingerprint density at radius 1 is 1.58 bits per heavy atom. The number of nitrogens with zero attached hydrogens (tertiary/aromatic N) is 1. The number of fused-ring (bicyclic) bond motifs is 1. The lowest BCUT2D eigenvalue weighted by Gasteiger charge is -2.02. The van der Waals surface area contributed by atoms with Gasteiger partial charge in [-0.05, 0) is 6.08 Å². The Labute approximate surface area is 70.1 Å². The summed E-state index contributed by atoms with van der Waals surface area (Å²) in [5.41, 5.74) is 0.676. The lowest BCUT2D eigenvalue weighted by molar-refractivity contribution is 0.449. The summed E-state index contributed by atoms with van der Waals surface area (Å²) in [6, 6.07) is 0. The fraction of sp³-hybridized carbons (Fsp3) is 0.444. The highest BCUT2D eigenvalue weighted by Gasteiger charge is 2.16. The number of aromatic nitrogens is 1. The van der Waals surface area contributed by atoms with Gasteiger partial charge in [-0.25, -0.2) is 9.37 Å². The van der Waals surface area contributed by atoms with E-state index in [0.29, 0.717) is 24.4 Å². The Morgan fingerprint density at radius 3 is 3.17 bits per heavy atom. The number of oxazole rings is 1. The van der Waals surface area contributed by atoms with Crippen LogP contribution in [0.5, 0.6) is 0 Å². The van der Waals surface area contributed by atoms with Crippen LogP contribution < -0.4 is 0 Å². The largest absolute Gasteiger partial charge is 0.445 e. The summed E-state index contributed by atoms with van der Waals surface area (Å²) in [7, 11) is 0. The first kappa shape index (κ1) is 7.53. The first-order chi connectivity index (χ1) is 5.79. The lowest BCUT2D eigenvalue weighted by atomic mass is 10.1. The van der Waals surface area contributed by atoms with Crippen molar-refractivity contribution in [2.45, 2.75) is 26.2 Å². The minimum Gasteiger partial charge on any atom is -0.445 e. The van der Waals surface area contributed by atoms with Crippen LogP contribution in [-0.2, 0) is 12.8 Å². The van der Waals surface area contributed by atoms with E-state index >= 15 is 0 Å². The first-order valence-electron chi connectivity index (χ1n) is 4.14. The van der Waals surface area contributed by atoms with Gasteiger partial charge in [0.2, 0.25) is 0 Å². The second kappa shape index (κ2) is 2.73. The van der Waals surface area contributed by atoms with Crippen LogP contribution in [0.2, 0.25) is 0 Å². The van der Waals surface area contributed by atoms with Gasteiger partial charge in [0.15, 0.2) is 5.89 Å². The number of hydrogen-bond donors (Lipinski definition) is 0. The van der Waals surface area contributed by atoms with Crippen LogP contribution in [0, 0.1) is 0 Å². The molecule has 3 heteroatoms. The molecule has 2 rings (SSSR count). The van der Waals surface area contributed by atoms with E-state index in [1.807, 2.05) is 6.92 Å². The minimum absolute atomic E-state index is 0.0987. The Morgan fingerprint density at radius 2 is 2.42 bits per heavy atom. The summed E-state index contributed by atoms with van der Waals surface area (Å²) < 4.78 is 18.1. The molecule has 1 heterocycles. The third kappa shape index (κ3) is 1.15. The topological polar surface area (TPSA) is 26.0 Å². The molecule has 0 radical (unpaired) electrons. The standard InChI is InChI=1S/C9H10FNO/c1-2-9-11-7-5-6(10)3-4-8(7)12-9/h5H,2-4H2,1H3. The second-order valence-electron chi connectivity index (χ2n) is 2.86. The highest BCUT2D eigenvalue weighted by Crippen LogP contribution is 2.24. The molecule has 0 bridgehead atoms. The predicted molar refractivity (Wildman–Crippen MR) is 43.3 cm³/mol. The lowest BCUT2D eigenvalue weighted by Crippen LogP contribution is -1.93. The van der Waals surface area contributed by atoms with Gasteiger partial charge in [-0.15, -0.1) is 0 Å². The summed E-state index contributed by atoms with van der Waals surface area (Å²) in [4.78, 5) is 4.14. The molecule has 1 aliphatic carbocycles. The molecular formula is C9H10FNO. The highest BCUT2D eigenvalue weighted by atomic mass is 19.1. The number of rotatable bonds is 1. The molecule has 0 fully saturated rings. The van der Waals surface area contributed by atoms with Gasteiger partial charge >= 0.3 is 0 Å². The van der Waals surface area contributed by atoms with Gasteiger partial charge in [-0.2, -0.15) is 0 Å². The number of allylic oxidation sites excluding steroid dienone is 1. The van der Waals surface area contributed by atoms with Crippen molar-refractivity contribution in [3.63, 3.8) is 0 Å². The molecule has 0 aromatic carbocycles. The molecule has 0 spiro atoms. The van der Waals surface area contributed by atoms with Crippen LogP contribution in [-0.4, -0.2) is 4.98 Å². The van der Waals surface area contributed by atoms with E-state index in [-0.39, 0.29) is 5.83 Å². The average Bonchev–Trinajstić information content (AvgIpc) is 2.46. The summed E-state index contributed by atoms with van der Waals surface area (Å²) >= 11 is 0. The first-order valence-corrected chi connectivity index (χ1v) is 4.14. The van der Waals surface area contributed by atoms with E-state index in [1.165, 1.54) is 6.08 Å². The summed E-state index contributed by atoms with van der Waals surface area (Å²) in [6.07, 6.45) is 3.32. The normalized spacial score (nSPS) is 15.7. The van der Waals surface area contributed by atoms with E-state index in [0.717, 1.165) is 12.2 Å². The SMILES string of the molecule is CCc1nc2c(o1)CCC(F)=C2. The highest BCUT2D eigenvalue weighted by molar-refractivity contribution is 5.51. The van der Waals surface area contributed by atoms with E-state index in [1.54, 1.807) is 0 Å². The van der Waals surface area contributed by atoms with Crippen molar-refractivity contribution in [3.05, 3.63) is 23.2 Å². The van der Waals surface area contributed by atoms with E-state index in [9.17, 15) is 4.39 Å². The summed E-state index contributed by atoms with van der Waals surface area (Å²) in [5, 5.41) is 0. The molecule has 0 N–H and O–H groups in total. The molecule has 1 aromatic heterocycles. The molecule has 0 saturated heterocycles. The molecule has 0 aliphatic heterocycles. The Hall–Kier alpha value is -1.12. The zero-order valence-electron chi connectivity index (χ0n) is 6.93. The van der Waals surface area contributed by atoms with Crippen LogP contribution in [0.4, 0.5) is 4.39 Å². The average molecular weight is 167 g/mol. The minimum atomic E-state index is -0.0987. The van der Waals surface area contributed by atoms with Crippen molar-refractivity contribution in [2.24, 2.45) is 0 Å². The van der Waals surface area contributed by atoms with E-state index < -0.39 is 0 Å². The quantitative estimate of drug-likeness (QED) is 0.642. The molecule has 64 valence electrons. The Balaban J connectivity index is 2.41. The van der Waals surface area contributed by atoms with Crippen LogP contribution in [0.25, 0.3) is 6.08 Å². The zero-order valence-corrected chi connectivity index (χ0v) is 6.93. The monoisotopic (exact) mass is 167 g/mol. The van der Waals surface area contributed by atoms with Gasteiger partial charge in [-0.1, -0.05) is 6.92 Å². The van der Waals surface area contributed by atoms with Gasteiger partial charge < -0.3 is 4.42 Å². The molecule has 1 aliphatic rings. The summed E-state index contributed by atoms with van der Waals surface area (Å²) in [5.74, 6) is 1.43. The molecule has 12 heavy (non-hydrogen) atoms. The zero-order chi connectivity index (χ0) is 8.55. The molecule has 0 amide bonds. The smallest absolute Gasteiger partial charge is 0.194 e. The Bertz CT molecular complexity index is 327. The van der Waals surface area contributed by atoms with E-state index in [2.05, 4.69) is 4.98 Å². The van der Waals surface area contributed by atoms with Gasteiger partial charge in [0.05, 0.1) is 0 Å². The molecule has 0 saturated carbocycles. The van der Waals surface area contributed by atoms with Crippen LogP contribution >= 0.6 is 0 Å². The van der Waals surface area contributed by atoms with Crippen molar-refractivity contribution in [3.8, 4) is 0 Å². The van der Waals surface area contributed by atoms with Gasteiger partial charge in [-0.3, -0.25) is 0 Å². The van der Waals surface area contributed by atoms with Crippen LogP contribution in [0.15, 0.2) is 10.2 Å². The number of halogens is 1. The fourth-order valence-electron chi connectivity index (χ4n) is 1.31. The number of hydrogen-bond acceptors (Lipinski definition) is 2. The molecule has 0 atom stereocenters. The number of aryl methyl sites for hydroxylation is 2. The van der Waals surface area contributed by atoms with Crippen molar-refractivity contribution >= 4 is 6.08 Å². The van der Waals surface area contributed by atoms with Crippen LogP contribution in [0.3, 0.4) is 0 Å². The maximum atomic E-state index is 12.8. The molecule has 1 aromatic rings. The maximum Gasteiger partial charge on any atom is 0.194 e. The van der Waals surface area contributed by atoms with Crippen molar-refractivity contribution in [1.29, 1.82) is 0 Å². The Kier molecular flexibility index (Phi) is 1.71. The predicted octanol–water partition coefficient (Wildman–Crippen LogP) is 2.49. The summed E-state index contributed by atoms with van der Waals surface area (Å²) in [6.45, 7) is 1.97. The molecular weight excluding hydrogens is 157 g/mol. The van der Waals surface area contributed by atoms with Gasteiger partial charge in [0.25, 0.3) is 0 Å². The maximum absolute atomic E-state index is 12.8. The van der Waals surface area contributed by atoms with Crippen molar-refractivity contribution < 1.29 is 8.81 Å². The second-order valence-corrected chi connectivity index (χ2v) is 2.86. The van der Waals surface area contributed by atoms with Crippen LogP contribution in [0.1, 0.15) is 30.7 Å². The fourth-order valence-corrected chi connectivity index (χ4v) is 1.31. The van der Waals surface area contributed by atoms with Gasteiger partial charge in [0, 0.05) is 19.3 Å². The van der Waals surface area contributed by atoms with Gasteiger partial charge in [0.1, 0.15) is 17.3 Å². The van der Waals surface area contributed by atoms with Crippen molar-refractivity contribution in [2.75, 3.05) is 0 Å². The molecule has 2 nitrogen and oxygen atoms in total.